The van der Waals surface area contributed by atoms with E-state index in [-0.39, 0.29) is 12.4 Å². The maximum Gasteiger partial charge on any atom is 0.238 e. The van der Waals surface area contributed by atoms with Gasteiger partial charge in [0.1, 0.15) is 5.82 Å². The second-order valence-corrected chi connectivity index (χ2v) is 5.53. The predicted octanol–water partition coefficient (Wildman–Crippen LogP) is 0.802. The normalized spacial score (nSPS) is 11.4. The van der Waals surface area contributed by atoms with E-state index in [0.717, 1.165) is 5.69 Å². The first kappa shape index (κ1) is 12.9. The largest absolute Gasteiger partial charge is 0.384 e. The Bertz CT molecular complexity index is 445. The minimum absolute atomic E-state index is 0.0460. The molecule has 0 spiro atoms. The Balaban J connectivity index is 2.89. The van der Waals surface area contributed by atoms with Gasteiger partial charge in [0, 0.05) is 19.9 Å². The number of pyridine rings is 1. The van der Waals surface area contributed by atoms with Crippen LogP contribution < -0.4 is 4.31 Å². The molecule has 6 heteroatoms. The lowest BCUT2D eigenvalue weighted by Crippen LogP contribution is -2.31. The number of ether oxygens (including phenoxy) is 1. The van der Waals surface area contributed by atoms with E-state index in [2.05, 4.69) is 4.98 Å². The molecule has 0 saturated heterocycles. The summed E-state index contributed by atoms with van der Waals surface area (Å²) in [6.45, 7) is 2.00. The first-order valence-electron chi connectivity index (χ1n) is 4.86. The Morgan fingerprint density at radius 2 is 2.12 bits per heavy atom. The van der Waals surface area contributed by atoms with Crippen molar-refractivity contribution in [3.63, 3.8) is 0 Å². The fourth-order valence-electron chi connectivity index (χ4n) is 1.17. The first-order chi connectivity index (χ1) is 7.47. The van der Waals surface area contributed by atoms with Crippen molar-refractivity contribution < 1.29 is 13.2 Å². The zero-order valence-corrected chi connectivity index (χ0v) is 10.5. The van der Waals surface area contributed by atoms with Crippen molar-refractivity contribution in [1.29, 1.82) is 0 Å². The highest BCUT2D eigenvalue weighted by molar-refractivity contribution is 7.92. The van der Waals surface area contributed by atoms with Gasteiger partial charge in [-0.3, -0.25) is 4.31 Å². The van der Waals surface area contributed by atoms with Crippen LogP contribution in [0.1, 0.15) is 5.69 Å². The SMILES string of the molecule is COCCS(=O)(=O)N(C)c1cccc(C)n1. The first-order valence-corrected chi connectivity index (χ1v) is 6.47. The third-order valence-electron chi connectivity index (χ3n) is 2.16. The Morgan fingerprint density at radius 1 is 1.44 bits per heavy atom. The molecule has 0 aliphatic carbocycles. The Labute approximate surface area is 96.1 Å². The minimum atomic E-state index is -3.35. The molecule has 0 atom stereocenters. The van der Waals surface area contributed by atoms with Gasteiger partial charge in [0.15, 0.2) is 0 Å². The van der Waals surface area contributed by atoms with Gasteiger partial charge in [-0.2, -0.15) is 0 Å². The number of aryl methyl sites for hydroxylation is 1. The lowest BCUT2D eigenvalue weighted by molar-refractivity contribution is 0.217. The summed E-state index contributed by atoms with van der Waals surface area (Å²) in [5.41, 5.74) is 0.784. The van der Waals surface area contributed by atoms with Crippen molar-refractivity contribution in [1.82, 2.24) is 4.98 Å². The van der Waals surface area contributed by atoms with E-state index in [1.807, 2.05) is 13.0 Å². The van der Waals surface area contributed by atoms with Crippen LogP contribution in [0.4, 0.5) is 5.82 Å². The van der Waals surface area contributed by atoms with Gasteiger partial charge in [-0.15, -0.1) is 0 Å². The number of anilines is 1. The molecule has 5 nitrogen and oxygen atoms in total. The minimum Gasteiger partial charge on any atom is -0.384 e. The van der Waals surface area contributed by atoms with Crippen molar-refractivity contribution in [3.05, 3.63) is 23.9 Å². The Morgan fingerprint density at radius 3 is 2.69 bits per heavy atom. The molecule has 0 aromatic carbocycles. The Hall–Kier alpha value is -1.14. The maximum absolute atomic E-state index is 11.8. The average molecular weight is 244 g/mol. The fraction of sp³-hybridized carbons (Fsp3) is 0.500. The smallest absolute Gasteiger partial charge is 0.238 e. The monoisotopic (exact) mass is 244 g/mol. The molecule has 0 N–H and O–H groups in total. The summed E-state index contributed by atoms with van der Waals surface area (Å²) in [6.07, 6.45) is 0. The molecule has 0 unspecified atom stereocenters. The van der Waals surface area contributed by atoms with Gasteiger partial charge in [0.2, 0.25) is 10.0 Å². The maximum atomic E-state index is 11.8. The van der Waals surface area contributed by atoms with Crippen molar-refractivity contribution in [2.45, 2.75) is 6.92 Å². The zero-order chi connectivity index (χ0) is 12.2. The van der Waals surface area contributed by atoms with Gasteiger partial charge in [-0.1, -0.05) is 6.07 Å². The molecule has 16 heavy (non-hydrogen) atoms. The second-order valence-electron chi connectivity index (χ2n) is 3.41. The summed E-state index contributed by atoms with van der Waals surface area (Å²) in [7, 11) is -0.381. The van der Waals surface area contributed by atoms with E-state index in [9.17, 15) is 8.42 Å². The van der Waals surface area contributed by atoms with Crippen LogP contribution >= 0.6 is 0 Å². The third-order valence-corrected chi connectivity index (χ3v) is 3.86. The molecule has 0 amide bonds. The van der Waals surface area contributed by atoms with Gasteiger partial charge >= 0.3 is 0 Å². The predicted molar refractivity (Wildman–Crippen MR) is 63.0 cm³/mol. The highest BCUT2D eigenvalue weighted by atomic mass is 32.2. The number of aromatic nitrogens is 1. The van der Waals surface area contributed by atoms with Crippen LogP contribution in [0.25, 0.3) is 0 Å². The molecule has 0 aliphatic rings. The summed E-state index contributed by atoms with van der Waals surface area (Å²) in [5.74, 6) is 0.381. The number of hydrogen-bond donors (Lipinski definition) is 0. The van der Waals surface area contributed by atoms with Gasteiger partial charge in [-0.25, -0.2) is 13.4 Å². The van der Waals surface area contributed by atoms with Crippen LogP contribution in [0.2, 0.25) is 0 Å². The summed E-state index contributed by atoms with van der Waals surface area (Å²) in [6, 6.07) is 5.26. The number of rotatable bonds is 5. The van der Waals surface area contributed by atoms with Gasteiger partial charge < -0.3 is 4.74 Å². The van der Waals surface area contributed by atoms with Crippen LogP contribution in [0.15, 0.2) is 18.2 Å². The zero-order valence-electron chi connectivity index (χ0n) is 9.67. The lowest BCUT2D eigenvalue weighted by atomic mass is 10.4. The van der Waals surface area contributed by atoms with E-state index < -0.39 is 10.0 Å². The molecule has 0 radical (unpaired) electrons. The molecule has 0 saturated carbocycles. The Kier molecular flexibility index (Phi) is 4.26. The molecule has 1 rings (SSSR count). The molecule has 1 aromatic rings. The highest BCUT2D eigenvalue weighted by Crippen LogP contribution is 2.13. The van der Waals surface area contributed by atoms with Gasteiger partial charge in [-0.05, 0) is 19.1 Å². The molecule has 0 fully saturated rings. The quantitative estimate of drug-likeness (QED) is 0.768. The molecule has 1 heterocycles. The highest BCUT2D eigenvalue weighted by Gasteiger charge is 2.18. The van der Waals surface area contributed by atoms with E-state index in [1.54, 1.807) is 12.1 Å². The van der Waals surface area contributed by atoms with Crippen LogP contribution in [-0.2, 0) is 14.8 Å². The van der Waals surface area contributed by atoms with Crippen molar-refractivity contribution >= 4 is 15.8 Å². The van der Waals surface area contributed by atoms with E-state index in [4.69, 9.17) is 4.74 Å². The second kappa shape index (κ2) is 5.27. The average Bonchev–Trinajstić information content (AvgIpc) is 2.25. The third kappa shape index (κ3) is 3.18. The summed E-state index contributed by atoms with van der Waals surface area (Å²) in [4.78, 5) is 4.15. The van der Waals surface area contributed by atoms with Crippen LogP contribution in [0.3, 0.4) is 0 Å². The van der Waals surface area contributed by atoms with Gasteiger partial charge in [0.25, 0.3) is 0 Å². The molecule has 90 valence electrons. The van der Waals surface area contributed by atoms with Crippen molar-refractivity contribution in [2.75, 3.05) is 30.8 Å². The van der Waals surface area contributed by atoms with Crippen molar-refractivity contribution in [2.24, 2.45) is 0 Å². The number of sulfonamides is 1. The summed E-state index contributed by atoms with van der Waals surface area (Å²) in [5, 5.41) is 0. The van der Waals surface area contributed by atoms with Crippen LogP contribution in [0.5, 0.6) is 0 Å². The van der Waals surface area contributed by atoms with Crippen molar-refractivity contribution in [3.8, 4) is 0 Å². The lowest BCUT2D eigenvalue weighted by Gasteiger charge is -2.18. The van der Waals surface area contributed by atoms with E-state index >= 15 is 0 Å². The summed E-state index contributed by atoms with van der Waals surface area (Å²) >= 11 is 0. The molecule has 0 bridgehead atoms. The topological polar surface area (TPSA) is 59.5 Å². The molecular weight excluding hydrogens is 228 g/mol. The molecule has 1 aromatic heterocycles. The fourth-order valence-corrected chi connectivity index (χ4v) is 2.21. The number of methoxy groups -OCH3 is 1. The van der Waals surface area contributed by atoms with Crippen LogP contribution in [-0.4, -0.2) is 39.9 Å². The molecule has 0 aliphatic heterocycles. The number of nitrogens with zero attached hydrogens (tertiary/aromatic N) is 2. The standard InChI is InChI=1S/C10H16N2O3S/c1-9-5-4-6-10(11-9)12(2)16(13,14)8-7-15-3/h4-6H,7-8H2,1-3H3. The summed E-state index contributed by atoms with van der Waals surface area (Å²) < 4.78 is 29.6. The van der Waals surface area contributed by atoms with E-state index in [0.29, 0.717) is 5.82 Å². The van der Waals surface area contributed by atoms with Gasteiger partial charge in [0.05, 0.1) is 12.4 Å². The van der Waals surface area contributed by atoms with Crippen LogP contribution in [0, 0.1) is 6.92 Å². The number of hydrogen-bond acceptors (Lipinski definition) is 4. The molecular formula is C10H16N2O3S. The van der Waals surface area contributed by atoms with E-state index in [1.165, 1.54) is 18.5 Å².